The molecule has 2 aromatic rings. The predicted molar refractivity (Wildman–Crippen MR) is 99.8 cm³/mol. The quantitative estimate of drug-likeness (QED) is 0.807. The first-order valence-corrected chi connectivity index (χ1v) is 9.69. The highest BCUT2D eigenvalue weighted by molar-refractivity contribution is 9.10. The zero-order valence-corrected chi connectivity index (χ0v) is 15.4. The van der Waals surface area contributed by atoms with Crippen molar-refractivity contribution in [1.82, 2.24) is 5.32 Å². The zero-order valence-electron chi connectivity index (χ0n) is 13.8. The average molecular weight is 398 g/mol. The number of hydrogen-bond donors (Lipinski definition) is 2. The lowest BCUT2D eigenvalue weighted by Gasteiger charge is -2.59. The number of carboxylic acids is 1. The van der Waals surface area contributed by atoms with Crippen LogP contribution < -0.4 is 5.32 Å². The number of hydrogen-bond acceptors (Lipinski definition) is 2. The van der Waals surface area contributed by atoms with Gasteiger partial charge in [-0.25, -0.2) is 0 Å². The number of halogens is 1. The third-order valence-corrected chi connectivity index (χ3v) is 7.53. The summed E-state index contributed by atoms with van der Waals surface area (Å²) in [7, 11) is 0. The first-order chi connectivity index (χ1) is 12.1. The van der Waals surface area contributed by atoms with E-state index in [1.165, 1.54) is 16.7 Å². The summed E-state index contributed by atoms with van der Waals surface area (Å²) in [5.41, 5.74) is 2.94. The normalized spacial score (nSPS) is 35.2. The van der Waals surface area contributed by atoms with Crippen molar-refractivity contribution in [1.29, 1.82) is 0 Å². The van der Waals surface area contributed by atoms with Crippen LogP contribution in [0.15, 0.2) is 53.0 Å². The lowest BCUT2D eigenvalue weighted by molar-refractivity contribution is -0.157. The van der Waals surface area contributed by atoms with Gasteiger partial charge in [-0.2, -0.15) is 0 Å². The van der Waals surface area contributed by atoms with Crippen molar-refractivity contribution in [2.75, 3.05) is 13.1 Å². The summed E-state index contributed by atoms with van der Waals surface area (Å²) in [6.07, 6.45) is 1.97. The van der Waals surface area contributed by atoms with Gasteiger partial charge in [0.1, 0.15) is 0 Å². The second-order valence-corrected chi connectivity index (χ2v) is 8.60. The van der Waals surface area contributed by atoms with Crippen molar-refractivity contribution in [2.24, 2.45) is 11.3 Å². The van der Waals surface area contributed by atoms with E-state index in [0.717, 1.165) is 23.9 Å². The summed E-state index contributed by atoms with van der Waals surface area (Å²) in [6, 6.07) is 17.1. The number of carbonyl (C=O) groups is 1. The van der Waals surface area contributed by atoms with Gasteiger partial charge >= 0.3 is 5.97 Å². The van der Waals surface area contributed by atoms with E-state index in [9.17, 15) is 9.90 Å². The number of fused-ring (bicyclic) bond motifs is 1. The molecule has 4 atom stereocenters. The maximum atomic E-state index is 12.5. The van der Waals surface area contributed by atoms with Crippen molar-refractivity contribution >= 4 is 21.9 Å². The van der Waals surface area contributed by atoms with Crippen molar-refractivity contribution < 1.29 is 9.90 Å². The predicted octanol–water partition coefficient (Wildman–Crippen LogP) is 3.92. The van der Waals surface area contributed by atoms with Gasteiger partial charge in [0, 0.05) is 34.8 Å². The van der Waals surface area contributed by atoms with E-state index >= 15 is 0 Å². The molecule has 0 radical (unpaired) electrons. The number of rotatable bonds is 2. The number of nitrogens with one attached hydrogen (secondary N) is 1. The molecule has 2 fully saturated rings. The van der Waals surface area contributed by atoms with E-state index in [1.807, 2.05) is 0 Å². The van der Waals surface area contributed by atoms with Crippen LogP contribution in [-0.2, 0) is 10.2 Å². The Balaban J connectivity index is 1.84. The Morgan fingerprint density at radius 2 is 1.92 bits per heavy atom. The molecule has 3 aliphatic carbocycles. The number of benzene rings is 2. The fraction of sp³-hybridized carbons (Fsp3) is 0.381. The Morgan fingerprint density at radius 1 is 1.16 bits per heavy atom. The molecule has 1 heterocycles. The van der Waals surface area contributed by atoms with Crippen molar-refractivity contribution in [2.45, 2.75) is 24.2 Å². The van der Waals surface area contributed by atoms with Crippen molar-refractivity contribution in [3.8, 4) is 0 Å². The molecule has 2 bridgehead atoms. The highest BCUT2D eigenvalue weighted by Gasteiger charge is 2.68. The summed E-state index contributed by atoms with van der Waals surface area (Å²) >= 11 is 3.53. The fourth-order valence-electron chi connectivity index (χ4n) is 6.10. The van der Waals surface area contributed by atoms with Crippen molar-refractivity contribution in [3.63, 3.8) is 0 Å². The minimum Gasteiger partial charge on any atom is -0.481 e. The maximum absolute atomic E-state index is 12.5. The second-order valence-electron chi connectivity index (χ2n) is 7.69. The molecule has 1 aliphatic heterocycles. The van der Waals surface area contributed by atoms with Crippen LogP contribution in [0.2, 0.25) is 0 Å². The molecule has 128 valence electrons. The van der Waals surface area contributed by atoms with Gasteiger partial charge in [0.25, 0.3) is 0 Å². The van der Waals surface area contributed by atoms with Gasteiger partial charge in [0.2, 0.25) is 0 Å². The van der Waals surface area contributed by atoms with Gasteiger partial charge in [-0.15, -0.1) is 0 Å². The molecule has 0 amide bonds. The zero-order chi connectivity index (χ0) is 17.2. The summed E-state index contributed by atoms with van der Waals surface area (Å²) in [6.45, 7) is 1.34. The first-order valence-electron chi connectivity index (χ1n) is 8.90. The Kier molecular flexibility index (Phi) is 3.23. The molecular weight excluding hydrogens is 378 g/mol. The highest BCUT2D eigenvalue weighted by atomic mass is 79.9. The van der Waals surface area contributed by atoms with E-state index in [2.05, 4.69) is 69.8 Å². The van der Waals surface area contributed by atoms with E-state index in [0.29, 0.717) is 6.54 Å². The molecule has 4 aliphatic rings. The largest absolute Gasteiger partial charge is 0.481 e. The van der Waals surface area contributed by atoms with E-state index < -0.39 is 11.4 Å². The third-order valence-electron chi connectivity index (χ3n) is 7.01. The molecule has 2 aromatic carbocycles. The third kappa shape index (κ3) is 1.77. The lowest BCUT2D eigenvalue weighted by atomic mass is 9.42. The van der Waals surface area contributed by atoms with Crippen LogP contribution in [0.3, 0.4) is 0 Å². The van der Waals surface area contributed by atoms with Crippen LogP contribution in [0.1, 0.15) is 35.4 Å². The molecule has 0 aromatic heterocycles. The van der Waals surface area contributed by atoms with Crippen LogP contribution in [0, 0.1) is 11.3 Å². The van der Waals surface area contributed by atoms with Crippen LogP contribution in [0.5, 0.6) is 0 Å². The molecule has 0 spiro atoms. The summed E-state index contributed by atoms with van der Waals surface area (Å²) < 4.78 is 1.06. The molecular formula is C21H20BrNO2. The average Bonchev–Trinajstić information content (AvgIpc) is 3.11. The van der Waals surface area contributed by atoms with Gasteiger partial charge in [-0.1, -0.05) is 52.3 Å². The molecule has 4 unspecified atom stereocenters. The van der Waals surface area contributed by atoms with Crippen LogP contribution in [-0.4, -0.2) is 24.2 Å². The molecule has 2 N–H and O–H groups in total. The Hall–Kier alpha value is -1.65. The van der Waals surface area contributed by atoms with Gasteiger partial charge < -0.3 is 10.4 Å². The highest BCUT2D eigenvalue weighted by Crippen LogP contribution is 2.67. The lowest BCUT2D eigenvalue weighted by Crippen LogP contribution is -2.60. The molecule has 3 nitrogen and oxygen atoms in total. The molecule has 4 heteroatoms. The van der Waals surface area contributed by atoms with Crippen LogP contribution >= 0.6 is 15.9 Å². The monoisotopic (exact) mass is 397 g/mol. The van der Waals surface area contributed by atoms with E-state index in [4.69, 9.17) is 0 Å². The second kappa shape index (κ2) is 5.18. The standard InChI is InChI=1S/C21H20BrNO2/c22-14-7-5-13(6-8-14)20-10-9-17(15-3-1-2-4-16(15)20)21(19(24)25)12-23-11-18(20)21/h1-8,17-18,23H,9-12H2,(H,24,25). The molecule has 1 saturated heterocycles. The van der Waals surface area contributed by atoms with Crippen molar-refractivity contribution in [3.05, 3.63) is 69.7 Å². The topological polar surface area (TPSA) is 49.3 Å². The van der Waals surface area contributed by atoms with Gasteiger partial charge in [0.15, 0.2) is 0 Å². The first kappa shape index (κ1) is 15.6. The minimum atomic E-state index is -0.695. The van der Waals surface area contributed by atoms with Gasteiger partial charge in [0.05, 0.1) is 5.41 Å². The summed E-state index contributed by atoms with van der Waals surface area (Å²) in [4.78, 5) is 12.5. The molecule has 1 saturated carbocycles. The number of aliphatic carboxylic acids is 1. The molecule has 25 heavy (non-hydrogen) atoms. The van der Waals surface area contributed by atoms with E-state index in [1.54, 1.807) is 0 Å². The smallest absolute Gasteiger partial charge is 0.311 e. The SMILES string of the molecule is O=C(O)C12CNCC1C1(c3ccc(Br)cc3)CCC2c2ccccc21. The van der Waals surface area contributed by atoms with Gasteiger partial charge in [-0.3, -0.25) is 4.79 Å². The summed E-state index contributed by atoms with van der Waals surface area (Å²) in [5, 5.41) is 13.7. The Morgan fingerprint density at radius 3 is 2.68 bits per heavy atom. The minimum absolute atomic E-state index is 0.0901. The van der Waals surface area contributed by atoms with E-state index in [-0.39, 0.29) is 17.3 Å². The van der Waals surface area contributed by atoms with Gasteiger partial charge in [-0.05, 0) is 41.7 Å². The maximum Gasteiger partial charge on any atom is 0.311 e. The van der Waals surface area contributed by atoms with Crippen LogP contribution in [0.4, 0.5) is 0 Å². The fourth-order valence-corrected chi connectivity index (χ4v) is 6.36. The Bertz CT molecular complexity index is 864. The Labute approximate surface area is 155 Å². The summed E-state index contributed by atoms with van der Waals surface area (Å²) in [5.74, 6) is -0.436. The molecule has 6 rings (SSSR count). The number of carboxylic acid groups (broad SMARTS) is 1. The van der Waals surface area contributed by atoms with Crippen LogP contribution in [0.25, 0.3) is 0 Å².